The molecule has 0 spiro atoms. The molecule has 0 aromatic carbocycles. The maximum absolute atomic E-state index is 5.88. The van der Waals surface area contributed by atoms with Gasteiger partial charge in [0.05, 0.1) is 0 Å². The molecule has 1 unspecified atom stereocenters. The molecule has 0 saturated heterocycles. The van der Waals surface area contributed by atoms with Gasteiger partial charge in [0.15, 0.2) is 0 Å². The van der Waals surface area contributed by atoms with Crippen LogP contribution in [0.4, 0.5) is 0 Å². The molecule has 82 valence electrons. The number of hydrogen-bond acceptors (Lipinski definition) is 3. The summed E-state index contributed by atoms with van der Waals surface area (Å²) in [5.41, 5.74) is 7.09. The highest BCUT2D eigenvalue weighted by Gasteiger charge is 2.14. The summed E-state index contributed by atoms with van der Waals surface area (Å²) in [6.07, 6.45) is 7.12. The van der Waals surface area contributed by atoms with Crippen molar-refractivity contribution < 1.29 is 0 Å². The van der Waals surface area contributed by atoms with Gasteiger partial charge in [-0.05, 0) is 6.42 Å². The largest absolute Gasteiger partial charge is 0.331 e. The van der Waals surface area contributed by atoms with Gasteiger partial charge in [0.25, 0.3) is 0 Å². The number of imidazole rings is 1. The van der Waals surface area contributed by atoms with Crippen LogP contribution in [-0.4, -0.2) is 28.7 Å². The number of aromatic nitrogens is 2. The second-order valence-corrected chi connectivity index (χ2v) is 3.93. The first-order valence-corrected chi connectivity index (χ1v) is 5.49. The molecule has 1 atom stereocenters. The Morgan fingerprint density at radius 3 is 3.27 bits per heavy atom. The molecule has 1 aromatic rings. The zero-order chi connectivity index (χ0) is 10.7. The normalized spacial score (nSPS) is 21.5. The van der Waals surface area contributed by atoms with Crippen molar-refractivity contribution in [3.8, 4) is 0 Å². The van der Waals surface area contributed by atoms with Crippen molar-refractivity contribution in [2.24, 2.45) is 5.73 Å². The predicted octanol–water partition coefficient (Wildman–Crippen LogP) is 0.607. The predicted molar refractivity (Wildman–Crippen MR) is 61.3 cm³/mol. The summed E-state index contributed by atoms with van der Waals surface area (Å²) in [7, 11) is 0. The van der Waals surface area contributed by atoms with Crippen LogP contribution >= 0.6 is 0 Å². The van der Waals surface area contributed by atoms with Crippen LogP contribution in [0.1, 0.15) is 19.2 Å². The Morgan fingerprint density at radius 1 is 1.67 bits per heavy atom. The molecule has 0 bridgehead atoms. The van der Waals surface area contributed by atoms with Crippen molar-refractivity contribution in [3.63, 3.8) is 0 Å². The minimum absolute atomic E-state index is 0.112. The van der Waals surface area contributed by atoms with E-state index in [0.717, 1.165) is 31.9 Å². The van der Waals surface area contributed by atoms with Crippen LogP contribution in [-0.2, 0) is 6.54 Å². The van der Waals surface area contributed by atoms with Gasteiger partial charge in [0, 0.05) is 43.6 Å². The van der Waals surface area contributed by atoms with E-state index in [1.165, 1.54) is 5.57 Å². The van der Waals surface area contributed by atoms with E-state index >= 15 is 0 Å². The van der Waals surface area contributed by atoms with E-state index in [9.17, 15) is 0 Å². The second kappa shape index (κ2) is 4.59. The van der Waals surface area contributed by atoms with E-state index in [-0.39, 0.29) is 6.04 Å². The number of aryl methyl sites for hydroxylation is 1. The lowest BCUT2D eigenvalue weighted by Gasteiger charge is -2.19. The van der Waals surface area contributed by atoms with E-state index in [4.69, 9.17) is 5.73 Å². The molecule has 0 saturated carbocycles. The molecule has 15 heavy (non-hydrogen) atoms. The molecule has 1 aromatic heterocycles. The Labute approximate surface area is 90.2 Å². The highest BCUT2D eigenvalue weighted by atomic mass is 15.1. The molecule has 2 heterocycles. The van der Waals surface area contributed by atoms with Crippen molar-refractivity contribution >= 4 is 5.57 Å². The Bertz CT molecular complexity index is 353. The van der Waals surface area contributed by atoms with Crippen LogP contribution in [0.15, 0.2) is 18.5 Å². The van der Waals surface area contributed by atoms with Crippen LogP contribution in [0.2, 0.25) is 0 Å². The second-order valence-electron chi connectivity index (χ2n) is 3.93. The molecule has 1 aliphatic heterocycles. The average molecular weight is 206 g/mol. The molecule has 1 aliphatic rings. The summed E-state index contributed by atoms with van der Waals surface area (Å²) in [6.45, 7) is 4.91. The molecular formula is C11H18N4. The summed E-state index contributed by atoms with van der Waals surface area (Å²) in [5, 5.41) is 3.30. The lowest BCUT2D eigenvalue weighted by Crippen LogP contribution is -2.37. The summed E-state index contributed by atoms with van der Waals surface area (Å²) < 4.78 is 2.19. The summed E-state index contributed by atoms with van der Waals surface area (Å²) in [4.78, 5) is 4.39. The minimum atomic E-state index is 0.112. The van der Waals surface area contributed by atoms with Crippen molar-refractivity contribution in [3.05, 3.63) is 24.3 Å². The number of nitrogens with one attached hydrogen (secondary N) is 1. The van der Waals surface area contributed by atoms with Gasteiger partial charge >= 0.3 is 0 Å². The third-order valence-corrected chi connectivity index (χ3v) is 2.58. The number of rotatable bonds is 3. The van der Waals surface area contributed by atoms with E-state index in [0.29, 0.717) is 0 Å². The first kappa shape index (κ1) is 10.4. The Hall–Kier alpha value is -1.13. The topological polar surface area (TPSA) is 55.9 Å². The van der Waals surface area contributed by atoms with Crippen LogP contribution in [0.25, 0.3) is 5.57 Å². The van der Waals surface area contributed by atoms with E-state index < -0.39 is 0 Å². The third kappa shape index (κ3) is 2.27. The maximum atomic E-state index is 5.88. The fraction of sp³-hybridized carbons (Fsp3) is 0.545. The molecule has 0 fully saturated rings. The molecule has 2 rings (SSSR count). The standard InChI is InChI=1S/C11H18N4/c1-2-4-15-5-3-14-11(15)9-6-10(12)8-13-7-9/h3,5-6,10,13H,2,4,7-8,12H2,1H3. The fourth-order valence-electron chi connectivity index (χ4n) is 1.92. The Balaban J connectivity index is 2.24. The molecule has 0 amide bonds. The van der Waals surface area contributed by atoms with E-state index in [1.807, 2.05) is 12.4 Å². The Kier molecular flexibility index (Phi) is 3.18. The van der Waals surface area contributed by atoms with Crippen LogP contribution < -0.4 is 11.1 Å². The van der Waals surface area contributed by atoms with E-state index in [1.54, 1.807) is 0 Å². The highest BCUT2D eigenvalue weighted by Crippen LogP contribution is 2.14. The number of nitrogens with two attached hydrogens (primary N) is 1. The van der Waals surface area contributed by atoms with Gasteiger partial charge in [-0.25, -0.2) is 4.98 Å². The zero-order valence-corrected chi connectivity index (χ0v) is 9.11. The number of nitrogens with zero attached hydrogens (tertiary/aromatic N) is 2. The van der Waals surface area contributed by atoms with Gasteiger partial charge < -0.3 is 15.6 Å². The summed E-state index contributed by atoms with van der Waals surface area (Å²) >= 11 is 0. The minimum Gasteiger partial charge on any atom is -0.331 e. The molecule has 0 aliphatic carbocycles. The van der Waals surface area contributed by atoms with Gasteiger partial charge in [0.2, 0.25) is 0 Å². The maximum Gasteiger partial charge on any atom is 0.136 e. The molecule has 4 heteroatoms. The number of hydrogen-bond donors (Lipinski definition) is 2. The smallest absolute Gasteiger partial charge is 0.136 e. The van der Waals surface area contributed by atoms with Crippen LogP contribution in [0.3, 0.4) is 0 Å². The van der Waals surface area contributed by atoms with Crippen LogP contribution in [0.5, 0.6) is 0 Å². The van der Waals surface area contributed by atoms with Gasteiger partial charge in [-0.2, -0.15) is 0 Å². The third-order valence-electron chi connectivity index (χ3n) is 2.58. The first-order valence-electron chi connectivity index (χ1n) is 5.49. The van der Waals surface area contributed by atoms with Crippen molar-refractivity contribution in [1.29, 1.82) is 0 Å². The monoisotopic (exact) mass is 206 g/mol. The van der Waals surface area contributed by atoms with Crippen molar-refractivity contribution in [2.45, 2.75) is 25.9 Å². The van der Waals surface area contributed by atoms with Crippen LogP contribution in [0, 0.1) is 0 Å². The van der Waals surface area contributed by atoms with Gasteiger partial charge in [0.1, 0.15) is 5.82 Å². The molecule has 0 radical (unpaired) electrons. The highest BCUT2D eigenvalue weighted by molar-refractivity contribution is 5.63. The van der Waals surface area contributed by atoms with Gasteiger partial charge in [-0.3, -0.25) is 0 Å². The molecular weight excluding hydrogens is 188 g/mol. The van der Waals surface area contributed by atoms with Crippen molar-refractivity contribution in [1.82, 2.24) is 14.9 Å². The zero-order valence-electron chi connectivity index (χ0n) is 9.11. The lowest BCUT2D eigenvalue weighted by atomic mass is 10.1. The first-order chi connectivity index (χ1) is 7.31. The van der Waals surface area contributed by atoms with Crippen molar-refractivity contribution in [2.75, 3.05) is 13.1 Å². The summed E-state index contributed by atoms with van der Waals surface area (Å²) in [5.74, 6) is 1.06. The van der Waals surface area contributed by atoms with Gasteiger partial charge in [-0.1, -0.05) is 13.0 Å². The van der Waals surface area contributed by atoms with E-state index in [2.05, 4.69) is 27.9 Å². The molecule has 4 nitrogen and oxygen atoms in total. The SMILES string of the molecule is CCCn1ccnc1C1=CC(N)CNC1. The Morgan fingerprint density at radius 2 is 2.53 bits per heavy atom. The summed E-state index contributed by atoms with van der Waals surface area (Å²) in [6, 6.07) is 0.112. The quantitative estimate of drug-likeness (QED) is 0.761. The fourth-order valence-corrected chi connectivity index (χ4v) is 1.92. The van der Waals surface area contributed by atoms with Gasteiger partial charge in [-0.15, -0.1) is 0 Å². The molecule has 3 N–H and O–H groups in total. The lowest BCUT2D eigenvalue weighted by molar-refractivity contribution is 0.639. The average Bonchev–Trinajstić information content (AvgIpc) is 2.66.